The fourth-order valence-electron chi connectivity index (χ4n) is 3.83. The summed E-state index contributed by atoms with van der Waals surface area (Å²) in [6, 6.07) is 6.97. The Morgan fingerprint density at radius 1 is 1.40 bits per heavy atom. The number of amidine groups is 1. The van der Waals surface area contributed by atoms with Crippen LogP contribution >= 0.6 is 11.0 Å². The monoisotopic (exact) mass is 431 g/mol. The maximum Gasteiger partial charge on any atom is 0.254 e. The van der Waals surface area contributed by atoms with Gasteiger partial charge in [0.1, 0.15) is 5.75 Å². The van der Waals surface area contributed by atoms with Crippen LogP contribution in [0.1, 0.15) is 34.3 Å². The van der Waals surface area contributed by atoms with Crippen molar-refractivity contribution in [3.8, 4) is 5.75 Å². The molecule has 1 fully saturated rings. The predicted molar refractivity (Wildman–Crippen MR) is 117 cm³/mol. The number of carbonyl (C=O) groups is 1. The number of amides is 1. The summed E-state index contributed by atoms with van der Waals surface area (Å²) < 4.78 is 31.9. The smallest absolute Gasteiger partial charge is 0.254 e. The van der Waals surface area contributed by atoms with Crippen molar-refractivity contribution >= 4 is 28.4 Å². The van der Waals surface area contributed by atoms with Gasteiger partial charge < -0.3 is 15.4 Å². The fourth-order valence-corrected chi connectivity index (χ4v) is 4.71. The van der Waals surface area contributed by atoms with Crippen LogP contribution in [0.2, 0.25) is 0 Å². The van der Waals surface area contributed by atoms with E-state index in [1.807, 2.05) is 11.8 Å². The first-order valence-electron chi connectivity index (χ1n) is 9.71. The topological polar surface area (TPSA) is 133 Å². The molecule has 0 aliphatic carbocycles. The van der Waals surface area contributed by atoms with Gasteiger partial charge in [-0.25, -0.2) is 0 Å². The first kappa shape index (κ1) is 20.5. The number of fused-ring (bicyclic) bond motifs is 1. The number of likely N-dealkylation sites (tertiary alicyclic amines) is 1. The van der Waals surface area contributed by atoms with Gasteiger partial charge in [-0.1, -0.05) is 6.07 Å². The van der Waals surface area contributed by atoms with Crippen molar-refractivity contribution in [3.05, 3.63) is 53.3 Å². The SMILES string of the molecule is Cc1cnccc1C(=O)N1CCC[C@H](COc2cccc3c2C(N)=NS(O)(O)N3)C1. The molecule has 1 aromatic carbocycles. The highest BCUT2D eigenvalue weighted by Crippen LogP contribution is 2.46. The number of rotatable bonds is 4. The Bertz CT molecular complexity index is 997. The standard InChI is InChI=1S/C20H25N5O4S/c1-13-10-22-8-7-15(13)20(26)25-9-3-4-14(11-25)12-29-17-6-2-5-16-18(17)19(21)24-30(27,28)23-16/h2,5-8,10,14,23,27-28H,3-4,9,11-12H2,1H3,(H2,21,24)/t14-/m0/s1. The lowest BCUT2D eigenvalue weighted by Crippen LogP contribution is -2.41. The molecule has 0 bridgehead atoms. The van der Waals surface area contributed by atoms with Gasteiger partial charge in [0, 0.05) is 37.0 Å². The first-order valence-corrected chi connectivity index (χ1v) is 11.2. The molecule has 2 aromatic rings. The summed E-state index contributed by atoms with van der Waals surface area (Å²) in [6.45, 7) is 3.63. The highest BCUT2D eigenvalue weighted by molar-refractivity contribution is 8.24. The van der Waals surface area contributed by atoms with Gasteiger partial charge in [0.2, 0.25) is 0 Å². The van der Waals surface area contributed by atoms with Crippen molar-refractivity contribution in [3.63, 3.8) is 0 Å². The van der Waals surface area contributed by atoms with Gasteiger partial charge in [-0.2, -0.15) is 0 Å². The molecule has 0 spiro atoms. The number of nitrogens with zero attached hydrogens (tertiary/aromatic N) is 3. The molecule has 3 heterocycles. The minimum absolute atomic E-state index is 0.0162. The van der Waals surface area contributed by atoms with E-state index in [0.717, 1.165) is 24.9 Å². The number of piperidine rings is 1. The van der Waals surface area contributed by atoms with Crippen LogP contribution in [0.3, 0.4) is 0 Å². The van der Waals surface area contributed by atoms with E-state index < -0.39 is 11.0 Å². The highest BCUT2D eigenvalue weighted by Gasteiger charge is 2.28. The molecule has 0 radical (unpaired) electrons. The van der Waals surface area contributed by atoms with Gasteiger partial charge in [0.05, 0.1) is 17.9 Å². The number of nitrogens with one attached hydrogen (secondary N) is 1. The lowest BCUT2D eigenvalue weighted by atomic mass is 9.97. The minimum atomic E-state index is -3.34. The number of carbonyl (C=O) groups excluding carboxylic acids is 1. The average Bonchev–Trinajstić information content (AvgIpc) is 2.71. The van der Waals surface area contributed by atoms with E-state index in [1.165, 1.54) is 0 Å². The Kier molecular flexibility index (Phi) is 5.54. The van der Waals surface area contributed by atoms with Gasteiger partial charge in [-0.3, -0.25) is 23.6 Å². The number of benzene rings is 1. The van der Waals surface area contributed by atoms with Gasteiger partial charge in [-0.15, -0.1) is 4.40 Å². The van der Waals surface area contributed by atoms with Crippen LogP contribution < -0.4 is 15.2 Å². The zero-order valence-corrected chi connectivity index (χ0v) is 17.4. The Labute approximate surface area is 176 Å². The van der Waals surface area contributed by atoms with Crippen LogP contribution in [0, 0.1) is 12.8 Å². The number of aromatic nitrogens is 1. The lowest BCUT2D eigenvalue weighted by molar-refractivity contribution is 0.0632. The summed E-state index contributed by atoms with van der Waals surface area (Å²) in [5, 5.41) is 0. The lowest BCUT2D eigenvalue weighted by Gasteiger charge is -2.34. The van der Waals surface area contributed by atoms with Crippen molar-refractivity contribution in [1.82, 2.24) is 9.88 Å². The van der Waals surface area contributed by atoms with Gasteiger partial charge >= 0.3 is 0 Å². The van der Waals surface area contributed by atoms with Crippen molar-refractivity contribution in [2.45, 2.75) is 19.8 Å². The summed E-state index contributed by atoms with van der Waals surface area (Å²) in [4.78, 5) is 18.8. The van der Waals surface area contributed by atoms with E-state index in [1.54, 1.807) is 36.7 Å². The summed E-state index contributed by atoms with van der Waals surface area (Å²) in [6.07, 6.45) is 5.20. The van der Waals surface area contributed by atoms with E-state index in [2.05, 4.69) is 14.1 Å². The zero-order valence-electron chi connectivity index (χ0n) is 16.6. The van der Waals surface area contributed by atoms with Gasteiger partial charge in [-0.05, 0) is 54.5 Å². The zero-order chi connectivity index (χ0) is 21.3. The molecule has 1 aromatic heterocycles. The van der Waals surface area contributed by atoms with Crippen molar-refractivity contribution in [1.29, 1.82) is 0 Å². The van der Waals surface area contributed by atoms with Gasteiger partial charge in [0.25, 0.3) is 5.91 Å². The highest BCUT2D eigenvalue weighted by atomic mass is 32.3. The molecular formula is C20H25N5O4S. The summed E-state index contributed by atoms with van der Waals surface area (Å²) in [7, 11) is -3.34. The van der Waals surface area contributed by atoms with Crippen molar-refractivity contribution < 1.29 is 18.6 Å². The molecule has 0 unspecified atom stereocenters. The first-order chi connectivity index (χ1) is 14.3. The van der Waals surface area contributed by atoms with Crippen LogP contribution in [0.4, 0.5) is 5.69 Å². The quantitative estimate of drug-likeness (QED) is 0.585. The number of ether oxygens (including phenoxy) is 1. The molecular weight excluding hydrogens is 406 g/mol. The van der Waals surface area contributed by atoms with E-state index >= 15 is 0 Å². The molecule has 1 atom stereocenters. The van der Waals surface area contributed by atoms with Crippen LogP contribution in [0.15, 0.2) is 41.1 Å². The third-order valence-electron chi connectivity index (χ3n) is 5.29. The molecule has 2 aliphatic heterocycles. The van der Waals surface area contributed by atoms with Crippen molar-refractivity contribution in [2.75, 3.05) is 24.4 Å². The normalized spacial score (nSPS) is 21.1. The average molecular weight is 432 g/mol. The van der Waals surface area contributed by atoms with E-state index in [-0.39, 0.29) is 17.7 Å². The molecule has 0 saturated carbocycles. The molecule has 30 heavy (non-hydrogen) atoms. The molecule has 9 nitrogen and oxygen atoms in total. The number of aryl methyl sites for hydroxylation is 1. The molecule has 160 valence electrons. The Morgan fingerprint density at radius 3 is 3.03 bits per heavy atom. The van der Waals surface area contributed by atoms with E-state index in [4.69, 9.17) is 10.5 Å². The molecule has 5 N–H and O–H groups in total. The molecule has 2 aliphatic rings. The Morgan fingerprint density at radius 2 is 2.23 bits per heavy atom. The summed E-state index contributed by atoms with van der Waals surface area (Å²) >= 11 is 0. The second-order valence-corrected chi connectivity index (χ2v) is 8.96. The fraction of sp³-hybridized carbons (Fsp3) is 0.350. The second kappa shape index (κ2) is 8.13. The minimum Gasteiger partial charge on any atom is -0.492 e. The summed E-state index contributed by atoms with van der Waals surface area (Å²) in [5.41, 5.74) is 8.47. The van der Waals surface area contributed by atoms with Crippen LogP contribution in [-0.2, 0) is 0 Å². The molecule has 1 saturated heterocycles. The Hall–Kier alpha value is -2.82. The maximum atomic E-state index is 12.9. The largest absolute Gasteiger partial charge is 0.492 e. The predicted octanol–water partition coefficient (Wildman–Crippen LogP) is 3.03. The third kappa shape index (κ3) is 4.20. The maximum absolute atomic E-state index is 12.9. The number of nitrogens with two attached hydrogens (primary N) is 1. The van der Waals surface area contributed by atoms with E-state index in [9.17, 15) is 13.9 Å². The number of pyridine rings is 1. The molecule has 10 heteroatoms. The number of anilines is 1. The van der Waals surface area contributed by atoms with Gasteiger partial charge in [0.15, 0.2) is 5.84 Å². The molecule has 4 rings (SSSR count). The number of hydrogen-bond acceptors (Lipinski definition) is 8. The van der Waals surface area contributed by atoms with Crippen LogP contribution in [0.25, 0.3) is 0 Å². The Balaban J connectivity index is 1.44. The summed E-state index contributed by atoms with van der Waals surface area (Å²) in [5.74, 6) is 0.732. The number of hydrogen-bond donors (Lipinski definition) is 4. The third-order valence-corrected chi connectivity index (χ3v) is 6.23. The molecule has 1 amide bonds. The van der Waals surface area contributed by atoms with E-state index in [0.29, 0.717) is 35.7 Å². The van der Waals surface area contributed by atoms with Crippen molar-refractivity contribution in [2.24, 2.45) is 16.0 Å². The van der Waals surface area contributed by atoms with Crippen LogP contribution in [-0.4, -0.2) is 50.4 Å². The van der Waals surface area contributed by atoms with Crippen LogP contribution in [0.5, 0.6) is 5.75 Å². The second-order valence-electron chi connectivity index (χ2n) is 7.54.